The first-order valence-corrected chi connectivity index (χ1v) is 8.80. The summed E-state index contributed by atoms with van der Waals surface area (Å²) in [6.07, 6.45) is -3.67. The minimum Gasteiger partial charge on any atom is -0.444 e. The molecule has 0 aliphatic heterocycles. The lowest BCUT2D eigenvalue weighted by Crippen LogP contribution is -2.34. The number of carbonyl (C=O) groups excluding carboxylic acids is 1. The molecular formula is C18H28F3IN4O3. The number of hydrogen-bond acceptors (Lipinski definition) is 4. The van der Waals surface area contributed by atoms with Gasteiger partial charge in [-0.15, -0.1) is 37.1 Å². The molecule has 0 unspecified atom stereocenters. The Hall–Kier alpha value is -1.92. The summed E-state index contributed by atoms with van der Waals surface area (Å²) in [6, 6.07) is 5.42. The van der Waals surface area contributed by atoms with Gasteiger partial charge in [0.25, 0.3) is 0 Å². The number of nitrogens with zero attached hydrogens (tertiary/aromatic N) is 1. The van der Waals surface area contributed by atoms with Gasteiger partial charge in [0.15, 0.2) is 5.96 Å². The molecule has 166 valence electrons. The summed E-state index contributed by atoms with van der Waals surface area (Å²) in [7, 11) is 0. The number of nitrogens with two attached hydrogens (primary N) is 1. The number of aliphatic imine (C=N–C) groups is 1. The molecule has 0 saturated carbocycles. The standard InChI is InChI=1S/C18H27F3N4O3.HI/c1-17(2,3)28-16(26)24-11-5-4-10-23-15(22)25-12-13-6-8-14(9-7-13)27-18(19,20)21;/h6-9H,4-5,10-12H2,1-3H3,(H,24,26)(H3,22,23,25);1H. The quantitative estimate of drug-likeness (QED) is 0.204. The van der Waals surface area contributed by atoms with E-state index in [9.17, 15) is 18.0 Å². The summed E-state index contributed by atoms with van der Waals surface area (Å²) >= 11 is 0. The van der Waals surface area contributed by atoms with E-state index in [0.717, 1.165) is 12.8 Å². The van der Waals surface area contributed by atoms with E-state index < -0.39 is 18.1 Å². The third kappa shape index (κ3) is 14.7. The first kappa shape index (κ1) is 27.1. The van der Waals surface area contributed by atoms with Crippen molar-refractivity contribution >= 4 is 36.0 Å². The number of nitrogens with one attached hydrogen (secondary N) is 2. The monoisotopic (exact) mass is 532 g/mol. The molecule has 0 saturated heterocycles. The van der Waals surface area contributed by atoms with Gasteiger partial charge in [-0.25, -0.2) is 9.79 Å². The number of rotatable bonds is 8. The average molecular weight is 532 g/mol. The number of hydrogen-bond donors (Lipinski definition) is 3. The summed E-state index contributed by atoms with van der Waals surface area (Å²) in [5.74, 6) is -0.0537. The van der Waals surface area contributed by atoms with Crippen LogP contribution in [0, 0.1) is 0 Å². The van der Waals surface area contributed by atoms with Crippen molar-refractivity contribution in [1.82, 2.24) is 10.6 Å². The number of halogens is 4. The van der Waals surface area contributed by atoms with E-state index in [1.165, 1.54) is 24.3 Å². The molecule has 1 amide bonds. The molecule has 0 spiro atoms. The Morgan fingerprint density at radius 1 is 1.07 bits per heavy atom. The number of benzene rings is 1. The normalized spacial score (nSPS) is 12.0. The third-order valence-electron chi connectivity index (χ3n) is 3.17. The lowest BCUT2D eigenvalue weighted by atomic mass is 10.2. The molecule has 1 aromatic carbocycles. The molecule has 4 N–H and O–H groups in total. The molecule has 0 aromatic heterocycles. The Morgan fingerprint density at radius 2 is 1.62 bits per heavy atom. The Kier molecular flexibility index (Phi) is 11.8. The summed E-state index contributed by atoms with van der Waals surface area (Å²) in [4.78, 5) is 15.6. The zero-order valence-corrected chi connectivity index (χ0v) is 19.0. The van der Waals surface area contributed by atoms with Gasteiger partial charge >= 0.3 is 12.5 Å². The van der Waals surface area contributed by atoms with E-state index in [0.29, 0.717) is 18.7 Å². The second kappa shape index (κ2) is 12.6. The summed E-state index contributed by atoms with van der Waals surface area (Å²) in [5, 5.41) is 5.59. The van der Waals surface area contributed by atoms with E-state index >= 15 is 0 Å². The first-order valence-electron chi connectivity index (χ1n) is 8.80. The van der Waals surface area contributed by atoms with Crippen molar-refractivity contribution in [3.63, 3.8) is 0 Å². The maximum absolute atomic E-state index is 12.1. The maximum Gasteiger partial charge on any atom is 0.573 e. The topological polar surface area (TPSA) is 98.0 Å². The predicted octanol–water partition coefficient (Wildman–Crippen LogP) is 3.91. The number of amides is 1. The Labute approximate surface area is 185 Å². The van der Waals surface area contributed by atoms with E-state index in [2.05, 4.69) is 20.4 Å². The van der Waals surface area contributed by atoms with Gasteiger partial charge in [-0.1, -0.05) is 12.1 Å². The first-order chi connectivity index (χ1) is 12.9. The fourth-order valence-electron chi connectivity index (χ4n) is 2.00. The predicted molar refractivity (Wildman–Crippen MR) is 115 cm³/mol. The van der Waals surface area contributed by atoms with Crippen LogP contribution in [0.3, 0.4) is 0 Å². The number of alkyl carbamates (subject to hydrolysis) is 1. The molecule has 0 fully saturated rings. The number of carbonyl (C=O) groups is 1. The minimum atomic E-state index is -4.71. The van der Waals surface area contributed by atoms with Gasteiger partial charge in [-0.05, 0) is 51.3 Å². The molecule has 29 heavy (non-hydrogen) atoms. The van der Waals surface area contributed by atoms with Crippen LogP contribution in [0.5, 0.6) is 5.75 Å². The van der Waals surface area contributed by atoms with E-state index in [1.54, 1.807) is 20.8 Å². The molecule has 1 aromatic rings. The maximum atomic E-state index is 12.1. The summed E-state index contributed by atoms with van der Waals surface area (Å²) in [6.45, 7) is 6.67. The Balaban J connectivity index is 0.00000784. The summed E-state index contributed by atoms with van der Waals surface area (Å²) < 4.78 is 45.2. The minimum absolute atomic E-state index is 0. The van der Waals surface area contributed by atoms with E-state index in [1.807, 2.05) is 0 Å². The van der Waals surface area contributed by atoms with Crippen LogP contribution in [0.4, 0.5) is 18.0 Å². The highest BCUT2D eigenvalue weighted by Crippen LogP contribution is 2.22. The van der Waals surface area contributed by atoms with Crippen LogP contribution < -0.4 is 21.1 Å². The summed E-state index contributed by atoms with van der Waals surface area (Å²) in [5.41, 5.74) is 5.91. The second-order valence-corrected chi connectivity index (χ2v) is 6.96. The zero-order valence-electron chi connectivity index (χ0n) is 16.6. The van der Waals surface area contributed by atoms with E-state index in [-0.39, 0.29) is 42.2 Å². The molecule has 0 bridgehead atoms. The highest BCUT2D eigenvalue weighted by Gasteiger charge is 2.30. The third-order valence-corrected chi connectivity index (χ3v) is 3.17. The molecule has 0 aliphatic rings. The van der Waals surface area contributed by atoms with Crippen LogP contribution in [0.15, 0.2) is 29.3 Å². The second-order valence-electron chi connectivity index (χ2n) is 6.96. The lowest BCUT2D eigenvalue weighted by Gasteiger charge is -2.19. The Bertz CT molecular complexity index is 647. The van der Waals surface area contributed by atoms with Gasteiger partial charge in [0, 0.05) is 13.1 Å². The van der Waals surface area contributed by atoms with E-state index in [4.69, 9.17) is 10.5 Å². The fraction of sp³-hybridized carbons (Fsp3) is 0.556. The van der Waals surface area contributed by atoms with Crippen LogP contribution in [-0.4, -0.2) is 37.1 Å². The zero-order chi connectivity index (χ0) is 21.2. The van der Waals surface area contributed by atoms with Crippen LogP contribution >= 0.6 is 24.0 Å². The van der Waals surface area contributed by atoms with Crippen molar-refractivity contribution in [2.45, 2.75) is 52.1 Å². The van der Waals surface area contributed by atoms with Gasteiger partial charge in [0.1, 0.15) is 11.4 Å². The van der Waals surface area contributed by atoms with Gasteiger partial charge < -0.3 is 25.8 Å². The molecule has 7 nitrogen and oxygen atoms in total. The van der Waals surface area contributed by atoms with Crippen molar-refractivity contribution in [1.29, 1.82) is 0 Å². The molecule has 0 radical (unpaired) electrons. The SMILES string of the molecule is CC(C)(C)OC(=O)NCCCCNC(N)=NCc1ccc(OC(F)(F)F)cc1.I. The van der Waals surface area contributed by atoms with Gasteiger partial charge in [-0.2, -0.15) is 0 Å². The number of unbranched alkanes of at least 4 members (excludes halogenated alkanes) is 1. The van der Waals surface area contributed by atoms with Crippen LogP contribution in [-0.2, 0) is 11.3 Å². The van der Waals surface area contributed by atoms with Crippen molar-refractivity contribution in [3.05, 3.63) is 29.8 Å². The molecule has 11 heteroatoms. The van der Waals surface area contributed by atoms with Gasteiger partial charge in [0.2, 0.25) is 0 Å². The smallest absolute Gasteiger partial charge is 0.444 e. The Morgan fingerprint density at radius 3 is 2.14 bits per heavy atom. The number of guanidine groups is 1. The number of alkyl halides is 3. The van der Waals surface area contributed by atoms with Crippen molar-refractivity contribution in [2.75, 3.05) is 13.1 Å². The van der Waals surface area contributed by atoms with Gasteiger partial charge in [-0.3, -0.25) is 0 Å². The van der Waals surface area contributed by atoms with Crippen molar-refractivity contribution in [2.24, 2.45) is 10.7 Å². The molecule has 0 atom stereocenters. The fourth-order valence-corrected chi connectivity index (χ4v) is 2.00. The van der Waals surface area contributed by atoms with Crippen molar-refractivity contribution < 1.29 is 27.4 Å². The lowest BCUT2D eigenvalue weighted by molar-refractivity contribution is -0.274. The van der Waals surface area contributed by atoms with Crippen molar-refractivity contribution in [3.8, 4) is 5.75 Å². The molecule has 0 heterocycles. The van der Waals surface area contributed by atoms with Crippen LogP contribution in [0.1, 0.15) is 39.2 Å². The van der Waals surface area contributed by atoms with Gasteiger partial charge in [0.05, 0.1) is 6.54 Å². The molecule has 1 rings (SSSR count). The average Bonchev–Trinajstić information content (AvgIpc) is 2.54. The number of ether oxygens (including phenoxy) is 2. The molecule has 0 aliphatic carbocycles. The highest BCUT2D eigenvalue weighted by molar-refractivity contribution is 14.0. The highest BCUT2D eigenvalue weighted by atomic mass is 127. The largest absolute Gasteiger partial charge is 0.573 e. The molecular weight excluding hydrogens is 504 g/mol. The van der Waals surface area contributed by atoms with Crippen LogP contribution in [0.2, 0.25) is 0 Å². The van der Waals surface area contributed by atoms with Crippen LogP contribution in [0.25, 0.3) is 0 Å².